The summed E-state index contributed by atoms with van der Waals surface area (Å²) in [6, 6.07) is 13.1. The van der Waals surface area contributed by atoms with Crippen molar-refractivity contribution in [1.82, 2.24) is 9.61 Å². The van der Waals surface area contributed by atoms with E-state index in [-0.39, 0.29) is 5.78 Å². The topological polar surface area (TPSA) is 34.4 Å². The standard InChI is InChI=1S/C15H10BrClN2O/c1-9(20)14-12-7-4-8-13(17)19(12)18-15(14)10-5-2-3-6-11(10)16/h2-8H,1H3. The normalized spacial score (nSPS) is 10.9. The fraction of sp³-hybridized carbons (Fsp3) is 0.0667. The Balaban J connectivity index is 2.42. The summed E-state index contributed by atoms with van der Waals surface area (Å²) in [6.45, 7) is 1.54. The van der Waals surface area contributed by atoms with Crippen molar-refractivity contribution in [3.63, 3.8) is 0 Å². The fourth-order valence-corrected chi connectivity index (χ4v) is 2.90. The number of Topliss-reactive ketones (excluding diaryl/α,β-unsaturated/α-hetero) is 1. The molecule has 0 aliphatic rings. The van der Waals surface area contributed by atoms with E-state index in [4.69, 9.17) is 11.6 Å². The Kier molecular flexibility index (Phi) is 3.36. The summed E-state index contributed by atoms with van der Waals surface area (Å²) < 4.78 is 2.48. The second-order valence-corrected chi connectivity index (χ2v) is 5.65. The Morgan fingerprint density at radius 2 is 1.95 bits per heavy atom. The first-order valence-corrected chi connectivity index (χ1v) is 7.20. The third-order valence-electron chi connectivity index (χ3n) is 3.09. The van der Waals surface area contributed by atoms with Crippen molar-refractivity contribution in [2.24, 2.45) is 0 Å². The van der Waals surface area contributed by atoms with Gasteiger partial charge in [0.15, 0.2) is 5.78 Å². The molecule has 3 nitrogen and oxygen atoms in total. The van der Waals surface area contributed by atoms with E-state index >= 15 is 0 Å². The largest absolute Gasteiger partial charge is 0.294 e. The molecule has 0 saturated heterocycles. The SMILES string of the molecule is CC(=O)c1c(-c2ccccc2Br)nn2c(Cl)cccc12. The van der Waals surface area contributed by atoms with Crippen LogP contribution in [0, 0.1) is 0 Å². The highest BCUT2D eigenvalue weighted by Crippen LogP contribution is 2.32. The maximum absolute atomic E-state index is 12.0. The summed E-state index contributed by atoms with van der Waals surface area (Å²) in [4.78, 5) is 12.0. The van der Waals surface area contributed by atoms with E-state index in [0.29, 0.717) is 16.4 Å². The van der Waals surface area contributed by atoms with Crippen LogP contribution < -0.4 is 0 Å². The highest BCUT2D eigenvalue weighted by atomic mass is 79.9. The molecule has 100 valence electrons. The molecule has 0 aliphatic carbocycles. The van der Waals surface area contributed by atoms with Crippen LogP contribution in [0.25, 0.3) is 16.8 Å². The van der Waals surface area contributed by atoms with E-state index < -0.39 is 0 Å². The first kappa shape index (κ1) is 13.3. The van der Waals surface area contributed by atoms with Gasteiger partial charge >= 0.3 is 0 Å². The first-order valence-electron chi connectivity index (χ1n) is 6.02. The lowest BCUT2D eigenvalue weighted by atomic mass is 10.0. The Morgan fingerprint density at radius 1 is 1.20 bits per heavy atom. The molecule has 0 fully saturated rings. The zero-order chi connectivity index (χ0) is 14.3. The molecule has 0 amide bonds. The number of hydrogen-bond acceptors (Lipinski definition) is 2. The molecule has 3 aromatic rings. The lowest BCUT2D eigenvalue weighted by molar-refractivity contribution is 0.102. The van der Waals surface area contributed by atoms with Gasteiger partial charge in [-0.2, -0.15) is 5.10 Å². The number of nitrogens with zero attached hydrogens (tertiary/aromatic N) is 2. The predicted molar refractivity (Wildman–Crippen MR) is 83.3 cm³/mol. The maximum Gasteiger partial charge on any atom is 0.164 e. The molecule has 0 bridgehead atoms. The molecule has 2 aromatic heterocycles. The number of benzene rings is 1. The van der Waals surface area contributed by atoms with Crippen LogP contribution in [0.4, 0.5) is 0 Å². The molecule has 1 aromatic carbocycles. The molecule has 5 heteroatoms. The van der Waals surface area contributed by atoms with Gasteiger partial charge in [0.2, 0.25) is 0 Å². The molecule has 0 unspecified atom stereocenters. The zero-order valence-corrected chi connectivity index (χ0v) is 12.9. The minimum atomic E-state index is -0.0342. The molecular weight excluding hydrogens is 340 g/mol. The van der Waals surface area contributed by atoms with Crippen molar-refractivity contribution < 1.29 is 4.79 Å². The quantitative estimate of drug-likeness (QED) is 0.500. The van der Waals surface area contributed by atoms with Gasteiger partial charge in [-0.05, 0) is 25.1 Å². The van der Waals surface area contributed by atoms with Crippen molar-refractivity contribution in [3.8, 4) is 11.3 Å². The van der Waals surface area contributed by atoms with E-state index in [0.717, 1.165) is 15.6 Å². The molecule has 2 heterocycles. The molecule has 0 spiro atoms. The van der Waals surface area contributed by atoms with Gasteiger partial charge in [-0.3, -0.25) is 4.79 Å². The second kappa shape index (κ2) is 5.04. The van der Waals surface area contributed by atoms with E-state index in [1.54, 1.807) is 10.6 Å². The number of hydrogen-bond donors (Lipinski definition) is 0. The number of carbonyl (C=O) groups excluding carboxylic acids is 1. The van der Waals surface area contributed by atoms with Gasteiger partial charge in [0.25, 0.3) is 0 Å². The second-order valence-electron chi connectivity index (χ2n) is 4.41. The lowest BCUT2D eigenvalue weighted by Crippen LogP contribution is -1.94. The van der Waals surface area contributed by atoms with Gasteiger partial charge in [0, 0.05) is 10.0 Å². The van der Waals surface area contributed by atoms with E-state index in [1.807, 2.05) is 36.4 Å². The summed E-state index contributed by atoms with van der Waals surface area (Å²) in [5.74, 6) is -0.0342. The Morgan fingerprint density at radius 3 is 2.65 bits per heavy atom. The van der Waals surface area contributed by atoms with Crippen LogP contribution in [-0.4, -0.2) is 15.4 Å². The summed E-state index contributed by atoms with van der Waals surface area (Å²) in [5, 5.41) is 4.97. The molecule has 0 N–H and O–H groups in total. The third-order valence-corrected chi connectivity index (χ3v) is 4.07. The van der Waals surface area contributed by atoms with Crippen molar-refractivity contribution in [2.45, 2.75) is 6.92 Å². The average Bonchev–Trinajstić information content (AvgIpc) is 2.80. The maximum atomic E-state index is 12.0. The highest BCUT2D eigenvalue weighted by Gasteiger charge is 2.20. The van der Waals surface area contributed by atoms with Crippen molar-refractivity contribution in [2.75, 3.05) is 0 Å². The third kappa shape index (κ3) is 2.05. The molecule has 0 radical (unpaired) electrons. The van der Waals surface area contributed by atoms with Gasteiger partial charge in [-0.25, -0.2) is 4.52 Å². The predicted octanol–water partition coefficient (Wildman–Crippen LogP) is 4.62. The van der Waals surface area contributed by atoms with Crippen LogP contribution in [0.5, 0.6) is 0 Å². The van der Waals surface area contributed by atoms with Crippen LogP contribution in [0.15, 0.2) is 46.9 Å². The van der Waals surface area contributed by atoms with E-state index in [2.05, 4.69) is 21.0 Å². The number of halogens is 2. The van der Waals surface area contributed by atoms with Crippen LogP contribution in [-0.2, 0) is 0 Å². The molecule has 20 heavy (non-hydrogen) atoms. The van der Waals surface area contributed by atoms with Crippen molar-refractivity contribution in [1.29, 1.82) is 0 Å². The minimum absolute atomic E-state index is 0.0342. The van der Waals surface area contributed by atoms with Crippen LogP contribution in [0.1, 0.15) is 17.3 Å². The van der Waals surface area contributed by atoms with Gasteiger partial charge in [0.05, 0.1) is 11.1 Å². The number of ketones is 1. The molecular formula is C15H10BrClN2O. The Hall–Kier alpha value is -1.65. The summed E-state index contributed by atoms with van der Waals surface area (Å²) in [7, 11) is 0. The van der Waals surface area contributed by atoms with Crippen LogP contribution in [0.3, 0.4) is 0 Å². The minimum Gasteiger partial charge on any atom is -0.294 e. The van der Waals surface area contributed by atoms with Gasteiger partial charge in [0.1, 0.15) is 10.8 Å². The van der Waals surface area contributed by atoms with Gasteiger partial charge < -0.3 is 0 Å². The average molecular weight is 350 g/mol. The van der Waals surface area contributed by atoms with Gasteiger partial charge in [-0.15, -0.1) is 0 Å². The van der Waals surface area contributed by atoms with Crippen molar-refractivity contribution >= 4 is 38.8 Å². The molecule has 0 atom stereocenters. The van der Waals surface area contributed by atoms with E-state index in [9.17, 15) is 4.79 Å². The molecule has 0 saturated carbocycles. The zero-order valence-electron chi connectivity index (χ0n) is 10.6. The summed E-state index contributed by atoms with van der Waals surface area (Å²) >= 11 is 9.65. The number of fused-ring (bicyclic) bond motifs is 1. The first-order chi connectivity index (χ1) is 9.59. The molecule has 0 aliphatic heterocycles. The highest BCUT2D eigenvalue weighted by molar-refractivity contribution is 9.10. The molecule has 3 rings (SSSR count). The van der Waals surface area contributed by atoms with Crippen LogP contribution >= 0.6 is 27.5 Å². The van der Waals surface area contributed by atoms with Crippen LogP contribution in [0.2, 0.25) is 5.15 Å². The smallest absolute Gasteiger partial charge is 0.164 e. The van der Waals surface area contributed by atoms with E-state index in [1.165, 1.54) is 6.92 Å². The fourth-order valence-electron chi connectivity index (χ4n) is 2.23. The summed E-state index contributed by atoms with van der Waals surface area (Å²) in [6.07, 6.45) is 0. The monoisotopic (exact) mass is 348 g/mol. The number of rotatable bonds is 2. The Labute approximate surface area is 129 Å². The van der Waals surface area contributed by atoms with Gasteiger partial charge in [-0.1, -0.05) is 51.8 Å². The van der Waals surface area contributed by atoms with Crippen molar-refractivity contribution in [3.05, 3.63) is 57.7 Å². The number of pyridine rings is 1. The lowest BCUT2D eigenvalue weighted by Gasteiger charge is -2.02. The number of carbonyl (C=O) groups is 1. The summed E-state index contributed by atoms with van der Waals surface area (Å²) in [5.41, 5.74) is 2.81. The number of aromatic nitrogens is 2. The Bertz CT molecular complexity index is 826.